The van der Waals surface area contributed by atoms with Crippen LogP contribution in [0.1, 0.15) is 31.3 Å². The molecule has 0 atom stereocenters. The van der Waals surface area contributed by atoms with Gasteiger partial charge >= 0.3 is 0 Å². The molecule has 0 N–H and O–H groups in total. The van der Waals surface area contributed by atoms with Gasteiger partial charge in [0, 0.05) is 17.8 Å². The van der Waals surface area contributed by atoms with Crippen molar-refractivity contribution in [1.29, 1.82) is 0 Å². The number of fused-ring (bicyclic) bond motifs is 1. The Kier molecular flexibility index (Phi) is 2.11. The third kappa shape index (κ3) is 1.77. The molecule has 3 nitrogen and oxygen atoms in total. The van der Waals surface area contributed by atoms with Crippen molar-refractivity contribution in [2.45, 2.75) is 20.8 Å². The second-order valence-corrected chi connectivity index (χ2v) is 4.67. The number of Topliss-reactive ketones (excluding diaryl/α,β-unsaturated/α-hetero) is 1. The fourth-order valence-electron chi connectivity index (χ4n) is 1.43. The second-order valence-electron chi connectivity index (χ2n) is 4.67. The largest absolute Gasteiger partial charge is 0.306 e. The maximum absolute atomic E-state index is 12.0. The number of ketones is 1. The zero-order valence-electron chi connectivity index (χ0n) is 9.19. The lowest BCUT2D eigenvalue weighted by Crippen LogP contribution is -2.20. The monoisotopic (exact) mass is 202 g/mol. The fourth-order valence-corrected chi connectivity index (χ4v) is 1.43. The molecule has 0 saturated carbocycles. The van der Waals surface area contributed by atoms with E-state index in [1.54, 1.807) is 6.20 Å². The van der Waals surface area contributed by atoms with Crippen molar-refractivity contribution in [2.24, 2.45) is 5.41 Å². The Morgan fingerprint density at radius 2 is 2.07 bits per heavy atom. The molecule has 0 aliphatic heterocycles. The molecule has 0 fully saturated rings. The molecule has 2 rings (SSSR count). The number of imidazole rings is 1. The standard InChI is InChI=1S/C12H14N2O/c1-12(2,3)11(15)9-8-14-7-5-4-6-10(14)13-9/h4-8H,1-3H3. The van der Waals surface area contributed by atoms with E-state index in [0.717, 1.165) is 5.65 Å². The van der Waals surface area contributed by atoms with Crippen molar-refractivity contribution >= 4 is 11.4 Å². The molecular formula is C12H14N2O. The van der Waals surface area contributed by atoms with Crippen LogP contribution in [0.25, 0.3) is 5.65 Å². The van der Waals surface area contributed by atoms with Crippen LogP contribution in [-0.2, 0) is 0 Å². The summed E-state index contributed by atoms with van der Waals surface area (Å²) in [5.74, 6) is 0.0752. The summed E-state index contributed by atoms with van der Waals surface area (Å²) in [5.41, 5.74) is 0.969. The highest BCUT2D eigenvalue weighted by atomic mass is 16.1. The summed E-state index contributed by atoms with van der Waals surface area (Å²) in [7, 11) is 0. The lowest BCUT2D eigenvalue weighted by Gasteiger charge is -2.13. The van der Waals surface area contributed by atoms with E-state index in [0.29, 0.717) is 5.69 Å². The summed E-state index contributed by atoms with van der Waals surface area (Å²) in [6, 6.07) is 5.72. The van der Waals surface area contributed by atoms with E-state index in [4.69, 9.17) is 0 Å². The summed E-state index contributed by atoms with van der Waals surface area (Å²) in [6.07, 6.45) is 3.67. The van der Waals surface area contributed by atoms with Crippen LogP contribution in [0.4, 0.5) is 0 Å². The van der Waals surface area contributed by atoms with Crippen LogP contribution in [0.5, 0.6) is 0 Å². The third-order valence-corrected chi connectivity index (χ3v) is 2.28. The number of pyridine rings is 1. The van der Waals surface area contributed by atoms with E-state index < -0.39 is 0 Å². The Morgan fingerprint density at radius 1 is 1.33 bits per heavy atom. The van der Waals surface area contributed by atoms with Crippen LogP contribution in [0.15, 0.2) is 30.6 Å². The minimum Gasteiger partial charge on any atom is -0.306 e. The minimum absolute atomic E-state index is 0.0752. The molecule has 0 amide bonds. The first kappa shape index (κ1) is 9.90. The van der Waals surface area contributed by atoms with Crippen LogP contribution in [-0.4, -0.2) is 15.2 Å². The number of rotatable bonds is 1. The first-order chi connectivity index (χ1) is 6.98. The Bertz CT molecular complexity index is 473. The van der Waals surface area contributed by atoms with E-state index in [1.807, 2.05) is 49.6 Å². The highest BCUT2D eigenvalue weighted by molar-refractivity contribution is 5.98. The SMILES string of the molecule is CC(C)(C)C(=O)c1cn2ccccc2n1. The Hall–Kier alpha value is -1.64. The predicted octanol–water partition coefficient (Wildman–Crippen LogP) is 2.56. The van der Waals surface area contributed by atoms with Gasteiger partial charge in [0.05, 0.1) is 0 Å². The molecule has 78 valence electrons. The van der Waals surface area contributed by atoms with Crippen LogP contribution in [0, 0.1) is 5.41 Å². The highest BCUT2D eigenvalue weighted by Gasteiger charge is 2.24. The smallest absolute Gasteiger partial charge is 0.188 e. The molecule has 0 spiro atoms. The van der Waals surface area contributed by atoms with Gasteiger partial charge in [0.1, 0.15) is 11.3 Å². The van der Waals surface area contributed by atoms with Crippen molar-refractivity contribution in [3.63, 3.8) is 0 Å². The van der Waals surface area contributed by atoms with Crippen LogP contribution in [0.2, 0.25) is 0 Å². The zero-order chi connectivity index (χ0) is 11.1. The summed E-state index contributed by atoms with van der Waals surface area (Å²) in [4.78, 5) is 16.3. The van der Waals surface area contributed by atoms with Gasteiger partial charge in [-0.25, -0.2) is 4.98 Å². The summed E-state index contributed by atoms with van der Waals surface area (Å²) < 4.78 is 1.86. The average Bonchev–Trinajstić information content (AvgIpc) is 2.58. The summed E-state index contributed by atoms with van der Waals surface area (Å²) in [6.45, 7) is 5.71. The first-order valence-corrected chi connectivity index (χ1v) is 4.97. The van der Waals surface area contributed by atoms with Crippen LogP contribution < -0.4 is 0 Å². The summed E-state index contributed by atoms with van der Waals surface area (Å²) >= 11 is 0. The molecule has 0 bridgehead atoms. The van der Waals surface area contributed by atoms with Gasteiger partial charge in [0.15, 0.2) is 5.78 Å². The van der Waals surface area contributed by atoms with Gasteiger partial charge in [0.2, 0.25) is 0 Å². The first-order valence-electron chi connectivity index (χ1n) is 4.97. The topological polar surface area (TPSA) is 34.4 Å². The number of carbonyl (C=O) groups is 1. The van der Waals surface area contributed by atoms with Crippen molar-refractivity contribution < 1.29 is 4.79 Å². The van der Waals surface area contributed by atoms with Gasteiger partial charge in [0.25, 0.3) is 0 Å². The second kappa shape index (κ2) is 3.19. The van der Waals surface area contributed by atoms with E-state index in [1.165, 1.54) is 0 Å². The molecule has 3 heteroatoms. The van der Waals surface area contributed by atoms with Gasteiger partial charge in [-0.3, -0.25) is 4.79 Å². The lowest BCUT2D eigenvalue weighted by molar-refractivity contribution is 0.0853. The van der Waals surface area contributed by atoms with Gasteiger partial charge in [-0.15, -0.1) is 0 Å². The lowest BCUT2D eigenvalue weighted by atomic mass is 9.89. The van der Waals surface area contributed by atoms with E-state index in [9.17, 15) is 4.79 Å². The molecule has 0 aliphatic carbocycles. The molecular weight excluding hydrogens is 188 g/mol. The van der Waals surface area contributed by atoms with Gasteiger partial charge < -0.3 is 4.40 Å². The van der Waals surface area contributed by atoms with Crippen molar-refractivity contribution in [3.8, 4) is 0 Å². The van der Waals surface area contributed by atoms with E-state index >= 15 is 0 Å². The molecule has 0 aliphatic rings. The Labute approximate surface area is 88.8 Å². The molecule has 0 aromatic carbocycles. The maximum atomic E-state index is 12.0. The zero-order valence-corrected chi connectivity index (χ0v) is 9.19. The molecule has 0 radical (unpaired) electrons. The highest BCUT2D eigenvalue weighted by Crippen LogP contribution is 2.20. The van der Waals surface area contributed by atoms with Crippen molar-refractivity contribution in [3.05, 3.63) is 36.3 Å². The third-order valence-electron chi connectivity index (χ3n) is 2.28. The normalized spacial score (nSPS) is 11.9. The average molecular weight is 202 g/mol. The van der Waals surface area contributed by atoms with Crippen molar-refractivity contribution in [1.82, 2.24) is 9.38 Å². The van der Waals surface area contributed by atoms with Crippen LogP contribution in [0.3, 0.4) is 0 Å². The molecule has 15 heavy (non-hydrogen) atoms. The van der Waals surface area contributed by atoms with Gasteiger partial charge in [-0.05, 0) is 12.1 Å². The Morgan fingerprint density at radius 3 is 2.67 bits per heavy atom. The maximum Gasteiger partial charge on any atom is 0.188 e. The Balaban J connectivity index is 2.50. The predicted molar refractivity (Wildman–Crippen MR) is 59.0 cm³/mol. The van der Waals surface area contributed by atoms with Gasteiger partial charge in [-0.1, -0.05) is 26.8 Å². The molecule has 2 aromatic heterocycles. The minimum atomic E-state index is -0.377. The number of hydrogen-bond acceptors (Lipinski definition) is 2. The summed E-state index contributed by atoms with van der Waals surface area (Å²) in [5, 5.41) is 0. The van der Waals surface area contributed by atoms with Crippen LogP contribution >= 0.6 is 0 Å². The number of hydrogen-bond donors (Lipinski definition) is 0. The van der Waals surface area contributed by atoms with Gasteiger partial charge in [-0.2, -0.15) is 0 Å². The van der Waals surface area contributed by atoms with E-state index in [2.05, 4.69) is 4.98 Å². The van der Waals surface area contributed by atoms with Crippen molar-refractivity contribution in [2.75, 3.05) is 0 Å². The number of carbonyl (C=O) groups excluding carboxylic acids is 1. The number of aromatic nitrogens is 2. The molecule has 0 unspecified atom stereocenters. The molecule has 2 aromatic rings. The fraction of sp³-hybridized carbons (Fsp3) is 0.333. The quantitative estimate of drug-likeness (QED) is 0.666. The molecule has 2 heterocycles. The van der Waals surface area contributed by atoms with E-state index in [-0.39, 0.29) is 11.2 Å². The number of nitrogens with zero attached hydrogens (tertiary/aromatic N) is 2. The molecule has 0 saturated heterocycles.